The average molecular weight is 317 g/mol. The van der Waals surface area contributed by atoms with Gasteiger partial charge in [0.25, 0.3) is 0 Å². The molecule has 0 radical (unpaired) electrons. The van der Waals surface area contributed by atoms with Crippen LogP contribution in [0.3, 0.4) is 0 Å². The zero-order valence-electron chi connectivity index (χ0n) is 13.7. The Morgan fingerprint density at radius 3 is 2.45 bits per heavy atom. The van der Waals surface area contributed by atoms with Crippen LogP contribution in [0.4, 0.5) is 0 Å². The molecular weight excluding hydrogens is 290 g/mol. The van der Waals surface area contributed by atoms with Crippen molar-refractivity contribution in [1.29, 1.82) is 0 Å². The summed E-state index contributed by atoms with van der Waals surface area (Å²) < 4.78 is 35.4. The maximum absolute atomic E-state index is 6.03. The standard InChI is InChI=1S/C15H27NO6/c1-14(2)18-8-9(20-14)10-11(17-7-5-6-16)12-13(19-10)22-15(3,4)21-12/h9-13H,5-8,16H2,1-4H3/t9?,10-,11+,12-,13-/m1/s1. The van der Waals surface area contributed by atoms with Gasteiger partial charge < -0.3 is 34.2 Å². The summed E-state index contributed by atoms with van der Waals surface area (Å²) >= 11 is 0. The fourth-order valence-electron chi connectivity index (χ4n) is 3.17. The Morgan fingerprint density at radius 1 is 1.05 bits per heavy atom. The summed E-state index contributed by atoms with van der Waals surface area (Å²) in [6.45, 7) is 9.15. The van der Waals surface area contributed by atoms with Crippen LogP contribution >= 0.6 is 0 Å². The van der Waals surface area contributed by atoms with Crippen molar-refractivity contribution in [3.63, 3.8) is 0 Å². The van der Waals surface area contributed by atoms with Gasteiger partial charge in [-0.05, 0) is 40.7 Å². The largest absolute Gasteiger partial charge is 0.372 e. The summed E-state index contributed by atoms with van der Waals surface area (Å²) in [7, 11) is 0. The number of ether oxygens (including phenoxy) is 6. The van der Waals surface area contributed by atoms with E-state index < -0.39 is 17.9 Å². The van der Waals surface area contributed by atoms with Crippen LogP contribution in [0.2, 0.25) is 0 Å². The van der Waals surface area contributed by atoms with Gasteiger partial charge in [0.1, 0.15) is 24.4 Å². The Bertz CT molecular complexity index is 401. The van der Waals surface area contributed by atoms with Crippen molar-refractivity contribution in [2.24, 2.45) is 5.73 Å². The van der Waals surface area contributed by atoms with Crippen LogP contribution in [0.25, 0.3) is 0 Å². The van der Waals surface area contributed by atoms with Gasteiger partial charge in [0, 0.05) is 6.61 Å². The van der Waals surface area contributed by atoms with Crippen LogP contribution in [-0.4, -0.2) is 62.0 Å². The van der Waals surface area contributed by atoms with Crippen molar-refractivity contribution >= 4 is 0 Å². The highest BCUT2D eigenvalue weighted by atomic mass is 16.8. The zero-order valence-corrected chi connectivity index (χ0v) is 13.7. The Labute approximate surface area is 131 Å². The molecule has 0 aliphatic carbocycles. The van der Waals surface area contributed by atoms with Crippen molar-refractivity contribution in [1.82, 2.24) is 0 Å². The fourth-order valence-corrected chi connectivity index (χ4v) is 3.17. The molecule has 0 saturated carbocycles. The van der Waals surface area contributed by atoms with E-state index in [-0.39, 0.29) is 24.4 Å². The Kier molecular flexibility index (Phi) is 4.50. The topological polar surface area (TPSA) is 81.4 Å². The van der Waals surface area contributed by atoms with E-state index in [2.05, 4.69) is 0 Å². The first-order valence-corrected chi connectivity index (χ1v) is 7.96. The second-order valence-electron chi connectivity index (χ2n) is 6.91. The van der Waals surface area contributed by atoms with E-state index in [9.17, 15) is 0 Å². The number of fused-ring (bicyclic) bond motifs is 1. The van der Waals surface area contributed by atoms with Gasteiger partial charge in [-0.1, -0.05) is 0 Å². The molecule has 22 heavy (non-hydrogen) atoms. The van der Waals surface area contributed by atoms with Crippen LogP contribution in [0.5, 0.6) is 0 Å². The van der Waals surface area contributed by atoms with Crippen molar-refractivity contribution in [2.75, 3.05) is 19.8 Å². The molecule has 0 spiro atoms. The van der Waals surface area contributed by atoms with Crippen molar-refractivity contribution in [2.45, 2.75) is 76.4 Å². The van der Waals surface area contributed by atoms with Gasteiger partial charge in [0.05, 0.1) is 6.61 Å². The summed E-state index contributed by atoms with van der Waals surface area (Å²) in [5, 5.41) is 0. The van der Waals surface area contributed by atoms with E-state index in [1.165, 1.54) is 0 Å². The number of nitrogens with two attached hydrogens (primary N) is 1. The molecule has 3 heterocycles. The van der Waals surface area contributed by atoms with E-state index in [0.717, 1.165) is 6.42 Å². The molecule has 3 aliphatic rings. The van der Waals surface area contributed by atoms with Gasteiger partial charge in [0.15, 0.2) is 17.9 Å². The molecule has 0 aromatic heterocycles. The molecule has 1 unspecified atom stereocenters. The van der Waals surface area contributed by atoms with Gasteiger partial charge in [-0.15, -0.1) is 0 Å². The monoisotopic (exact) mass is 317 g/mol. The van der Waals surface area contributed by atoms with Crippen LogP contribution in [-0.2, 0) is 28.4 Å². The van der Waals surface area contributed by atoms with Crippen LogP contribution < -0.4 is 5.73 Å². The molecule has 3 aliphatic heterocycles. The highest BCUT2D eigenvalue weighted by Gasteiger charge is 2.58. The van der Waals surface area contributed by atoms with E-state index in [1.54, 1.807) is 0 Å². The Morgan fingerprint density at radius 2 is 1.82 bits per heavy atom. The predicted octanol–water partition coefficient (Wildman–Crippen LogP) is 0.748. The summed E-state index contributed by atoms with van der Waals surface area (Å²) in [6, 6.07) is 0. The quantitative estimate of drug-likeness (QED) is 0.749. The minimum Gasteiger partial charge on any atom is -0.372 e. The molecule has 7 nitrogen and oxygen atoms in total. The number of hydrogen-bond donors (Lipinski definition) is 1. The average Bonchev–Trinajstić information content (AvgIpc) is 3.01. The van der Waals surface area contributed by atoms with E-state index in [1.807, 2.05) is 27.7 Å². The van der Waals surface area contributed by atoms with Gasteiger partial charge in [0.2, 0.25) is 0 Å². The Hall–Kier alpha value is -0.280. The minimum absolute atomic E-state index is 0.196. The van der Waals surface area contributed by atoms with Crippen LogP contribution in [0.15, 0.2) is 0 Å². The molecule has 3 fully saturated rings. The third kappa shape index (κ3) is 3.31. The fraction of sp³-hybridized carbons (Fsp3) is 1.00. The SMILES string of the molecule is CC1(C)OCC([C@H]2O[C@@H]3OC(C)(C)O[C@@H]3[C@H]2OCCCN)O1. The molecule has 0 amide bonds. The second-order valence-corrected chi connectivity index (χ2v) is 6.91. The zero-order chi connectivity index (χ0) is 16.0. The van der Waals surface area contributed by atoms with Gasteiger partial charge in [-0.25, -0.2) is 0 Å². The molecule has 5 atom stereocenters. The highest BCUT2D eigenvalue weighted by molar-refractivity contribution is 4.98. The summed E-state index contributed by atoms with van der Waals surface area (Å²) in [4.78, 5) is 0. The summed E-state index contributed by atoms with van der Waals surface area (Å²) in [5.74, 6) is -1.27. The smallest absolute Gasteiger partial charge is 0.190 e. The van der Waals surface area contributed by atoms with Crippen LogP contribution in [0.1, 0.15) is 34.1 Å². The van der Waals surface area contributed by atoms with Crippen molar-refractivity contribution in [3.05, 3.63) is 0 Å². The van der Waals surface area contributed by atoms with Gasteiger partial charge >= 0.3 is 0 Å². The minimum atomic E-state index is -0.665. The van der Waals surface area contributed by atoms with E-state index in [0.29, 0.717) is 19.8 Å². The maximum atomic E-state index is 6.03. The number of rotatable bonds is 5. The highest BCUT2D eigenvalue weighted by Crippen LogP contribution is 2.41. The third-order valence-corrected chi connectivity index (χ3v) is 4.08. The summed E-state index contributed by atoms with van der Waals surface area (Å²) in [5.41, 5.74) is 5.54. The first-order valence-electron chi connectivity index (χ1n) is 7.96. The lowest BCUT2D eigenvalue weighted by Crippen LogP contribution is -2.44. The lowest BCUT2D eigenvalue weighted by molar-refractivity contribution is -0.235. The molecular formula is C15H27NO6. The second kappa shape index (κ2) is 5.98. The molecule has 2 N–H and O–H groups in total. The summed E-state index contributed by atoms with van der Waals surface area (Å²) in [6.07, 6.45) is -0.621. The lowest BCUT2D eigenvalue weighted by Gasteiger charge is -2.29. The lowest BCUT2D eigenvalue weighted by atomic mass is 10.1. The molecule has 0 bridgehead atoms. The number of hydrogen-bond acceptors (Lipinski definition) is 7. The molecule has 0 aromatic rings. The normalized spacial score (nSPS) is 42.7. The van der Waals surface area contributed by atoms with E-state index >= 15 is 0 Å². The molecule has 3 saturated heterocycles. The first-order chi connectivity index (χ1) is 10.3. The van der Waals surface area contributed by atoms with Gasteiger partial charge in [-0.2, -0.15) is 0 Å². The maximum Gasteiger partial charge on any atom is 0.190 e. The molecule has 3 rings (SSSR count). The van der Waals surface area contributed by atoms with Crippen molar-refractivity contribution < 1.29 is 28.4 Å². The molecule has 7 heteroatoms. The molecule has 0 aromatic carbocycles. The molecule has 128 valence electrons. The first kappa shape index (κ1) is 16.6. The van der Waals surface area contributed by atoms with Crippen LogP contribution in [0, 0.1) is 0 Å². The Balaban J connectivity index is 1.69. The predicted molar refractivity (Wildman–Crippen MR) is 77.0 cm³/mol. The van der Waals surface area contributed by atoms with Crippen molar-refractivity contribution in [3.8, 4) is 0 Å². The van der Waals surface area contributed by atoms with Gasteiger partial charge in [-0.3, -0.25) is 0 Å². The third-order valence-electron chi connectivity index (χ3n) is 4.08. The van der Waals surface area contributed by atoms with E-state index in [4.69, 9.17) is 34.2 Å².